The standard InChI is InChI=1S/C25H48O6.12CH4/c1-15-24(11,20(3,4)28-13)22(7,8)30-18(26)17-19(27)31-23(9,10)25(12,16-2)21(5,6)29-14;;;;;;;;;;;;/h15-17H2,1-14H3;12*1H4. The Morgan fingerprint density at radius 1 is 0.419 bits per heavy atom. The minimum absolute atomic E-state index is 0. The lowest BCUT2D eigenvalue weighted by molar-refractivity contribution is -0.211. The highest BCUT2D eigenvalue weighted by Gasteiger charge is 2.55. The Morgan fingerprint density at radius 2 is 0.605 bits per heavy atom. The van der Waals surface area contributed by atoms with Crippen LogP contribution in [0.5, 0.6) is 0 Å². The maximum absolute atomic E-state index is 12.7. The molecule has 0 aromatic carbocycles. The fourth-order valence-electron chi connectivity index (χ4n) is 4.59. The second-order valence-corrected chi connectivity index (χ2v) is 10.9. The van der Waals surface area contributed by atoms with Crippen molar-refractivity contribution in [3.63, 3.8) is 0 Å². The molecule has 0 N–H and O–H groups in total. The molecule has 0 amide bonds. The van der Waals surface area contributed by atoms with Crippen molar-refractivity contribution in [2.24, 2.45) is 10.8 Å². The Hall–Kier alpha value is -1.14. The number of methoxy groups -OCH3 is 2. The predicted molar refractivity (Wildman–Crippen MR) is 205 cm³/mol. The molecule has 0 aliphatic rings. The van der Waals surface area contributed by atoms with Gasteiger partial charge in [0, 0.05) is 25.0 Å². The molecule has 2 atom stereocenters. The molecule has 6 nitrogen and oxygen atoms in total. The van der Waals surface area contributed by atoms with Crippen LogP contribution in [0.3, 0.4) is 0 Å². The topological polar surface area (TPSA) is 71.1 Å². The maximum Gasteiger partial charge on any atom is 0.317 e. The molecular weight excluding hydrogens is 540 g/mol. The van der Waals surface area contributed by atoms with Crippen LogP contribution in [0.2, 0.25) is 0 Å². The van der Waals surface area contributed by atoms with Crippen LogP contribution in [0, 0.1) is 10.8 Å². The summed E-state index contributed by atoms with van der Waals surface area (Å²) in [6, 6.07) is 0. The van der Waals surface area contributed by atoms with Gasteiger partial charge in [0.05, 0.1) is 11.2 Å². The highest BCUT2D eigenvalue weighted by molar-refractivity contribution is 5.91. The van der Waals surface area contributed by atoms with Gasteiger partial charge in [-0.05, 0) is 68.2 Å². The van der Waals surface area contributed by atoms with Crippen LogP contribution in [0.4, 0.5) is 0 Å². The highest BCUT2D eigenvalue weighted by atomic mass is 16.6. The Morgan fingerprint density at radius 3 is 0.744 bits per heavy atom. The Labute approximate surface area is 279 Å². The van der Waals surface area contributed by atoms with Crippen molar-refractivity contribution >= 4 is 11.9 Å². The molecule has 43 heavy (non-hydrogen) atoms. The summed E-state index contributed by atoms with van der Waals surface area (Å²) in [5.74, 6) is -1.22. The molecule has 0 aliphatic heterocycles. The second-order valence-electron chi connectivity index (χ2n) is 10.9. The number of carbonyl (C=O) groups excluding carboxylic acids is 2. The monoisotopic (exact) mass is 637 g/mol. The molecule has 0 aromatic rings. The summed E-state index contributed by atoms with van der Waals surface area (Å²) in [6.45, 7) is 23.5. The molecule has 6 heteroatoms. The smallest absolute Gasteiger partial charge is 0.317 e. The van der Waals surface area contributed by atoms with E-state index in [1.165, 1.54) is 0 Å². The van der Waals surface area contributed by atoms with E-state index in [-0.39, 0.29) is 89.1 Å². The number of hydrogen-bond acceptors (Lipinski definition) is 6. The fourth-order valence-corrected chi connectivity index (χ4v) is 4.59. The first-order valence-electron chi connectivity index (χ1n) is 11.3. The van der Waals surface area contributed by atoms with Crippen molar-refractivity contribution in [3.05, 3.63) is 0 Å². The number of ether oxygens (including phenoxy) is 4. The molecular formula is C37H96O6. The molecule has 0 heterocycles. The lowest BCUT2D eigenvalue weighted by atomic mass is 9.63. The SMILES string of the molecule is C.C.C.C.C.C.C.C.C.C.C.C.CCC(C)(C(C)(C)OC)C(C)(C)OC(=O)CC(=O)OC(C)(C)C(C)(CC)C(C)(C)OC. The number of carbonyl (C=O) groups is 2. The van der Waals surface area contributed by atoms with Crippen LogP contribution in [0.25, 0.3) is 0 Å². The molecule has 0 aliphatic carbocycles. The lowest BCUT2D eigenvalue weighted by Crippen LogP contribution is -2.58. The van der Waals surface area contributed by atoms with Gasteiger partial charge in [-0.15, -0.1) is 0 Å². The van der Waals surface area contributed by atoms with Gasteiger partial charge < -0.3 is 18.9 Å². The van der Waals surface area contributed by atoms with E-state index in [0.717, 1.165) is 12.8 Å². The van der Waals surface area contributed by atoms with Gasteiger partial charge in [0.2, 0.25) is 0 Å². The van der Waals surface area contributed by atoms with Gasteiger partial charge in [-0.3, -0.25) is 9.59 Å². The molecule has 0 fully saturated rings. The highest BCUT2D eigenvalue weighted by Crippen LogP contribution is 2.49. The van der Waals surface area contributed by atoms with Crippen molar-refractivity contribution in [2.45, 2.75) is 214 Å². The van der Waals surface area contributed by atoms with Gasteiger partial charge in [0.1, 0.15) is 17.6 Å². The Bertz CT molecular complexity index is 583. The first-order valence-corrected chi connectivity index (χ1v) is 11.3. The van der Waals surface area contributed by atoms with Gasteiger partial charge in [-0.25, -0.2) is 0 Å². The Kier molecular flexibility index (Phi) is 55.3. The third-order valence-electron chi connectivity index (χ3n) is 8.78. The molecule has 280 valence electrons. The molecule has 0 spiro atoms. The molecule has 0 rings (SSSR count). The van der Waals surface area contributed by atoms with Crippen LogP contribution in [0.15, 0.2) is 0 Å². The molecule has 0 radical (unpaired) electrons. The second kappa shape index (κ2) is 28.3. The van der Waals surface area contributed by atoms with Crippen LogP contribution >= 0.6 is 0 Å². The van der Waals surface area contributed by atoms with E-state index in [1.54, 1.807) is 14.2 Å². The lowest BCUT2D eigenvalue weighted by Gasteiger charge is -2.52. The number of hydrogen-bond donors (Lipinski definition) is 0. The van der Waals surface area contributed by atoms with E-state index in [0.29, 0.717) is 0 Å². The zero-order chi connectivity index (χ0) is 25.1. The summed E-state index contributed by atoms with van der Waals surface area (Å²) in [6.07, 6.45) is 1.01. The summed E-state index contributed by atoms with van der Waals surface area (Å²) in [5.41, 5.74) is -3.74. The van der Waals surface area contributed by atoms with Gasteiger partial charge >= 0.3 is 11.9 Å². The third-order valence-corrected chi connectivity index (χ3v) is 8.78. The van der Waals surface area contributed by atoms with E-state index in [9.17, 15) is 9.59 Å². The normalized spacial score (nSPS) is 12.6. The molecule has 0 saturated heterocycles. The van der Waals surface area contributed by atoms with Crippen LogP contribution in [-0.2, 0) is 28.5 Å². The molecule has 0 bridgehead atoms. The Balaban J connectivity index is -0.0000000682. The van der Waals surface area contributed by atoms with Crippen molar-refractivity contribution in [2.75, 3.05) is 14.2 Å². The molecule has 2 unspecified atom stereocenters. The summed E-state index contributed by atoms with van der Waals surface area (Å²) in [4.78, 5) is 25.4. The van der Waals surface area contributed by atoms with Crippen LogP contribution in [0.1, 0.15) is 191 Å². The summed E-state index contributed by atoms with van der Waals surface area (Å²) < 4.78 is 23.1. The number of rotatable bonds is 12. The number of esters is 2. The zero-order valence-corrected chi connectivity index (χ0v) is 22.6. The molecule has 0 saturated carbocycles. The van der Waals surface area contributed by atoms with Crippen molar-refractivity contribution in [1.29, 1.82) is 0 Å². The minimum Gasteiger partial charge on any atom is -0.459 e. The largest absolute Gasteiger partial charge is 0.459 e. The first kappa shape index (κ1) is 83.9. The zero-order valence-electron chi connectivity index (χ0n) is 22.6. The van der Waals surface area contributed by atoms with E-state index in [4.69, 9.17) is 18.9 Å². The average Bonchev–Trinajstić information content (AvgIpc) is 2.64. The van der Waals surface area contributed by atoms with Crippen molar-refractivity contribution < 1.29 is 28.5 Å². The van der Waals surface area contributed by atoms with Crippen molar-refractivity contribution in [1.82, 2.24) is 0 Å². The summed E-state index contributed by atoms with van der Waals surface area (Å²) in [7, 11) is 3.30. The van der Waals surface area contributed by atoms with Gasteiger partial charge in [0.15, 0.2) is 0 Å². The summed E-state index contributed by atoms with van der Waals surface area (Å²) in [5, 5.41) is 0. The minimum atomic E-state index is -0.857. The molecule has 0 aromatic heterocycles. The summed E-state index contributed by atoms with van der Waals surface area (Å²) >= 11 is 0. The fraction of sp³-hybridized carbons (Fsp3) is 0.946. The van der Waals surface area contributed by atoms with Gasteiger partial charge in [-0.1, -0.05) is 117 Å². The van der Waals surface area contributed by atoms with Crippen LogP contribution in [-0.4, -0.2) is 48.6 Å². The van der Waals surface area contributed by atoms with E-state index in [1.807, 2.05) is 83.1 Å². The maximum atomic E-state index is 12.7. The quantitative estimate of drug-likeness (QED) is 0.157. The van der Waals surface area contributed by atoms with Crippen LogP contribution < -0.4 is 0 Å². The van der Waals surface area contributed by atoms with Gasteiger partial charge in [0.25, 0.3) is 0 Å². The van der Waals surface area contributed by atoms with E-state index < -0.39 is 51.6 Å². The van der Waals surface area contributed by atoms with E-state index >= 15 is 0 Å². The van der Waals surface area contributed by atoms with Crippen molar-refractivity contribution in [3.8, 4) is 0 Å². The van der Waals surface area contributed by atoms with Gasteiger partial charge in [-0.2, -0.15) is 0 Å². The predicted octanol–water partition coefficient (Wildman–Crippen LogP) is 13.3. The third kappa shape index (κ3) is 16.7. The first-order chi connectivity index (χ1) is 13.7. The average molecular weight is 637 g/mol. The van der Waals surface area contributed by atoms with E-state index in [2.05, 4.69) is 0 Å².